The lowest BCUT2D eigenvalue weighted by atomic mass is 10.1. The zero-order valence-electron chi connectivity index (χ0n) is 15.3. The number of hydrogen-bond donors (Lipinski definition) is 1. The Kier molecular flexibility index (Phi) is 4.67. The second kappa shape index (κ2) is 7.30. The first-order valence-electron chi connectivity index (χ1n) is 8.72. The summed E-state index contributed by atoms with van der Waals surface area (Å²) in [4.78, 5) is 38.9. The highest BCUT2D eigenvalue weighted by molar-refractivity contribution is 6.25. The summed E-state index contributed by atoms with van der Waals surface area (Å²) >= 11 is 0. The quantitative estimate of drug-likeness (QED) is 0.775. The molecule has 2 aliphatic rings. The molecule has 1 N–H and O–H groups in total. The number of nitrogens with one attached hydrogen (secondary N) is 1. The number of methoxy groups -OCH3 is 1. The number of carbonyl (C=O) groups is 3. The molecule has 3 amide bonds. The van der Waals surface area contributed by atoms with Crippen molar-refractivity contribution in [2.24, 2.45) is 10.3 Å². The summed E-state index contributed by atoms with van der Waals surface area (Å²) in [5, 5.41) is 11.5. The Morgan fingerprint density at radius 3 is 2.45 bits per heavy atom. The molecule has 0 radical (unpaired) electrons. The molecule has 2 aromatic rings. The molecule has 0 aromatic heterocycles. The second-order valence-corrected chi connectivity index (χ2v) is 6.46. The predicted molar refractivity (Wildman–Crippen MR) is 99.7 cm³/mol. The lowest BCUT2D eigenvalue weighted by Crippen LogP contribution is -2.43. The number of amides is 3. The third-order valence-electron chi connectivity index (χ3n) is 4.62. The zero-order valence-corrected chi connectivity index (χ0v) is 15.3. The number of benzene rings is 2. The summed E-state index contributed by atoms with van der Waals surface area (Å²) in [6.45, 7) is -0.280. The maximum atomic E-state index is 13.0. The lowest BCUT2D eigenvalue weighted by Gasteiger charge is -2.20. The van der Waals surface area contributed by atoms with E-state index in [1.165, 1.54) is 36.4 Å². The highest BCUT2D eigenvalue weighted by atomic mass is 19.1. The first-order chi connectivity index (χ1) is 14.0. The fraction of sp³-hybridized carbons (Fsp3) is 0.211. The van der Waals surface area contributed by atoms with Crippen LogP contribution in [-0.4, -0.2) is 48.5 Å². The van der Waals surface area contributed by atoms with E-state index in [1.807, 2.05) is 0 Å². The molecule has 9 nitrogen and oxygen atoms in total. The van der Waals surface area contributed by atoms with Gasteiger partial charge in [0.05, 0.1) is 12.8 Å². The topological polar surface area (TPSA) is 104 Å². The number of halogens is 1. The summed E-state index contributed by atoms with van der Waals surface area (Å²) in [5.74, 6) is -1.32. The normalized spacial score (nSPS) is 20.2. The first kappa shape index (κ1) is 18.5. The average Bonchev–Trinajstić information content (AvgIpc) is 3.23. The molecule has 4 rings (SSSR count). The van der Waals surface area contributed by atoms with Gasteiger partial charge in [-0.05, 0) is 48.5 Å². The molecule has 2 aliphatic heterocycles. The Labute approximate surface area is 164 Å². The predicted octanol–water partition coefficient (Wildman–Crippen LogP) is 1.77. The fourth-order valence-corrected chi connectivity index (χ4v) is 3.22. The van der Waals surface area contributed by atoms with Gasteiger partial charge in [-0.3, -0.25) is 19.4 Å². The average molecular weight is 397 g/mol. The molecule has 2 aromatic carbocycles. The number of nitrogens with zero attached hydrogens (tertiary/aromatic N) is 4. The van der Waals surface area contributed by atoms with E-state index in [0.717, 1.165) is 4.90 Å². The van der Waals surface area contributed by atoms with Crippen LogP contribution in [-0.2, 0) is 14.4 Å². The van der Waals surface area contributed by atoms with Gasteiger partial charge < -0.3 is 10.1 Å². The molecular weight excluding hydrogens is 381 g/mol. The van der Waals surface area contributed by atoms with Gasteiger partial charge in [0.25, 0.3) is 11.8 Å². The van der Waals surface area contributed by atoms with E-state index in [4.69, 9.17) is 4.74 Å². The van der Waals surface area contributed by atoms with E-state index in [-0.39, 0.29) is 6.54 Å². The van der Waals surface area contributed by atoms with Crippen LogP contribution in [0.5, 0.6) is 5.75 Å². The van der Waals surface area contributed by atoms with Gasteiger partial charge in [0.1, 0.15) is 18.1 Å². The van der Waals surface area contributed by atoms with Gasteiger partial charge in [0, 0.05) is 5.69 Å². The van der Waals surface area contributed by atoms with Crippen LogP contribution in [0.4, 0.5) is 15.8 Å². The van der Waals surface area contributed by atoms with Crippen LogP contribution in [0.3, 0.4) is 0 Å². The number of rotatable bonds is 5. The number of carbonyl (C=O) groups excluding carboxylic acids is 3. The largest absolute Gasteiger partial charge is 0.497 e. The first-order valence-corrected chi connectivity index (χ1v) is 8.72. The number of ether oxygens (including phenoxy) is 1. The van der Waals surface area contributed by atoms with Crippen LogP contribution in [0.2, 0.25) is 0 Å². The molecule has 29 heavy (non-hydrogen) atoms. The van der Waals surface area contributed by atoms with E-state index < -0.39 is 35.6 Å². The van der Waals surface area contributed by atoms with Gasteiger partial charge in [0.15, 0.2) is 12.1 Å². The summed E-state index contributed by atoms with van der Waals surface area (Å²) in [5.41, 5.74) is 0.791. The number of hydrogen-bond acceptors (Lipinski definition) is 7. The minimum Gasteiger partial charge on any atom is -0.497 e. The van der Waals surface area contributed by atoms with Gasteiger partial charge in [0.2, 0.25) is 5.91 Å². The number of imide groups is 1. The van der Waals surface area contributed by atoms with Gasteiger partial charge >= 0.3 is 0 Å². The van der Waals surface area contributed by atoms with Crippen molar-refractivity contribution in [2.45, 2.75) is 12.1 Å². The third-order valence-corrected chi connectivity index (χ3v) is 4.62. The molecule has 2 heterocycles. The Morgan fingerprint density at radius 2 is 1.79 bits per heavy atom. The SMILES string of the molecule is COc1ccc(N2C(=O)[C@@H]3N=NN(CC(=O)Nc4ccc(F)cc4)[C@H]3C2=O)cc1. The van der Waals surface area contributed by atoms with Crippen LogP contribution in [0.15, 0.2) is 58.9 Å². The highest BCUT2D eigenvalue weighted by Crippen LogP contribution is 2.32. The van der Waals surface area contributed by atoms with Crippen LogP contribution in [0, 0.1) is 5.82 Å². The van der Waals surface area contributed by atoms with E-state index in [1.54, 1.807) is 24.3 Å². The fourth-order valence-electron chi connectivity index (χ4n) is 3.22. The third kappa shape index (κ3) is 3.40. The Morgan fingerprint density at radius 1 is 1.10 bits per heavy atom. The minimum absolute atomic E-state index is 0.280. The van der Waals surface area contributed by atoms with Crippen LogP contribution in [0.1, 0.15) is 0 Å². The van der Waals surface area contributed by atoms with E-state index in [9.17, 15) is 18.8 Å². The Hall–Kier alpha value is -3.82. The van der Waals surface area contributed by atoms with Gasteiger partial charge in [-0.15, -0.1) is 0 Å². The van der Waals surface area contributed by atoms with Crippen molar-refractivity contribution < 1.29 is 23.5 Å². The minimum atomic E-state index is -0.997. The van der Waals surface area contributed by atoms with Crippen molar-refractivity contribution in [1.82, 2.24) is 5.01 Å². The molecule has 0 saturated carbocycles. The van der Waals surface area contributed by atoms with Gasteiger partial charge in [-0.1, -0.05) is 5.22 Å². The smallest absolute Gasteiger partial charge is 0.263 e. The van der Waals surface area contributed by atoms with Crippen LogP contribution in [0.25, 0.3) is 0 Å². The molecule has 0 aliphatic carbocycles. The maximum absolute atomic E-state index is 13.0. The molecule has 0 spiro atoms. The van der Waals surface area contributed by atoms with E-state index in [0.29, 0.717) is 17.1 Å². The van der Waals surface area contributed by atoms with Crippen LogP contribution >= 0.6 is 0 Å². The molecular formula is C19H16FN5O4. The number of fused-ring (bicyclic) bond motifs is 1. The molecule has 148 valence electrons. The summed E-state index contributed by atoms with van der Waals surface area (Å²) < 4.78 is 18.0. The van der Waals surface area contributed by atoms with Crippen LogP contribution < -0.4 is 15.0 Å². The van der Waals surface area contributed by atoms with Crippen molar-refractivity contribution >= 4 is 29.1 Å². The van der Waals surface area contributed by atoms with Gasteiger partial charge in [-0.25, -0.2) is 9.29 Å². The van der Waals surface area contributed by atoms with Gasteiger partial charge in [-0.2, -0.15) is 5.11 Å². The van der Waals surface area contributed by atoms with Crippen molar-refractivity contribution in [3.05, 3.63) is 54.3 Å². The summed E-state index contributed by atoms with van der Waals surface area (Å²) in [7, 11) is 1.51. The number of anilines is 2. The maximum Gasteiger partial charge on any atom is 0.263 e. The molecule has 0 bridgehead atoms. The van der Waals surface area contributed by atoms with E-state index >= 15 is 0 Å². The Balaban J connectivity index is 1.47. The second-order valence-electron chi connectivity index (χ2n) is 6.46. The standard InChI is InChI=1S/C19H16FN5O4/c1-29-14-8-6-13(7-9-14)25-18(27)16-17(19(25)28)24(23-22-16)10-15(26)21-12-4-2-11(20)3-5-12/h2-9,16-17H,10H2,1H3,(H,21,26)/t16-,17-/m1/s1. The highest BCUT2D eigenvalue weighted by Gasteiger charge is 2.55. The molecule has 10 heteroatoms. The monoisotopic (exact) mass is 397 g/mol. The molecule has 0 unspecified atom stereocenters. The van der Waals surface area contributed by atoms with Crippen molar-refractivity contribution in [1.29, 1.82) is 0 Å². The van der Waals surface area contributed by atoms with Crippen molar-refractivity contribution in [3.8, 4) is 5.75 Å². The van der Waals surface area contributed by atoms with Crippen molar-refractivity contribution in [3.63, 3.8) is 0 Å². The molecule has 2 atom stereocenters. The zero-order chi connectivity index (χ0) is 20.5. The Bertz CT molecular complexity index is 993. The summed E-state index contributed by atoms with van der Waals surface area (Å²) in [6.07, 6.45) is 0. The molecule has 1 fully saturated rings. The summed E-state index contributed by atoms with van der Waals surface area (Å²) in [6, 6.07) is 9.75. The molecule has 1 saturated heterocycles. The van der Waals surface area contributed by atoms with E-state index in [2.05, 4.69) is 15.7 Å². The lowest BCUT2D eigenvalue weighted by molar-refractivity contribution is -0.123. The van der Waals surface area contributed by atoms with Crippen molar-refractivity contribution in [2.75, 3.05) is 23.9 Å².